The number of amides is 2. The van der Waals surface area contributed by atoms with E-state index in [4.69, 9.17) is 0 Å². The molecule has 5 nitrogen and oxygen atoms in total. The molecule has 1 N–H and O–H groups in total. The standard InChI is InChI=1S/C26H24F3N3O2S/c1-14-5-3-6-16(9-14)23-22(31-15(2)35-23)25(34)32-20(11-18-12-21(18)32)13-30-24(33)17-7-4-8-19(10-17)26(27,28)29/h3-10,18,20-21H,11-13H2,1-2H3,(H,30,33)/t18-,20-,21-/m0/s1. The summed E-state index contributed by atoms with van der Waals surface area (Å²) in [5, 5.41) is 3.54. The zero-order valence-electron chi connectivity index (χ0n) is 19.2. The van der Waals surface area contributed by atoms with Gasteiger partial charge in [-0.3, -0.25) is 9.59 Å². The Morgan fingerprint density at radius 3 is 2.63 bits per heavy atom. The number of alkyl halides is 3. The second-order valence-corrected chi connectivity index (χ2v) is 10.4. The second kappa shape index (κ2) is 8.78. The maximum Gasteiger partial charge on any atom is 0.416 e. The summed E-state index contributed by atoms with van der Waals surface area (Å²) in [5.41, 5.74) is 1.52. The maximum atomic E-state index is 13.7. The summed E-state index contributed by atoms with van der Waals surface area (Å²) in [6.07, 6.45) is -2.85. The number of piperidine rings is 1. The smallest absolute Gasteiger partial charge is 0.350 e. The van der Waals surface area contributed by atoms with Gasteiger partial charge in [-0.15, -0.1) is 11.3 Å². The highest BCUT2D eigenvalue weighted by molar-refractivity contribution is 7.15. The van der Waals surface area contributed by atoms with Crippen LogP contribution < -0.4 is 5.32 Å². The Kier molecular flexibility index (Phi) is 5.91. The first-order valence-electron chi connectivity index (χ1n) is 11.4. The van der Waals surface area contributed by atoms with Crippen LogP contribution in [0.1, 0.15) is 49.8 Å². The van der Waals surface area contributed by atoms with E-state index in [0.717, 1.165) is 46.0 Å². The molecule has 182 valence electrons. The number of halogens is 3. The average Bonchev–Trinajstić information content (AvgIpc) is 3.30. The Morgan fingerprint density at radius 1 is 1.11 bits per heavy atom. The molecule has 0 bridgehead atoms. The van der Waals surface area contributed by atoms with Gasteiger partial charge in [-0.25, -0.2) is 4.98 Å². The molecule has 5 rings (SSSR count). The van der Waals surface area contributed by atoms with Crippen molar-refractivity contribution in [2.45, 2.75) is 44.9 Å². The van der Waals surface area contributed by atoms with Gasteiger partial charge >= 0.3 is 6.18 Å². The van der Waals surface area contributed by atoms with Crippen molar-refractivity contribution in [1.82, 2.24) is 15.2 Å². The zero-order chi connectivity index (χ0) is 24.9. The molecular weight excluding hydrogens is 475 g/mol. The number of rotatable bonds is 5. The summed E-state index contributed by atoms with van der Waals surface area (Å²) in [6, 6.07) is 12.2. The minimum atomic E-state index is -4.52. The third-order valence-corrected chi connectivity index (χ3v) is 7.63. The molecule has 1 aliphatic heterocycles. The highest BCUT2D eigenvalue weighted by atomic mass is 32.1. The number of benzene rings is 2. The Labute approximate surface area is 205 Å². The number of aryl methyl sites for hydroxylation is 2. The predicted molar refractivity (Wildman–Crippen MR) is 127 cm³/mol. The molecule has 0 spiro atoms. The number of carbonyl (C=O) groups is 2. The van der Waals surface area contributed by atoms with Crippen molar-refractivity contribution < 1.29 is 22.8 Å². The van der Waals surface area contributed by atoms with Crippen LogP contribution in [0.5, 0.6) is 0 Å². The number of hydrogen-bond donors (Lipinski definition) is 1. The fourth-order valence-corrected chi connectivity index (χ4v) is 5.79. The van der Waals surface area contributed by atoms with E-state index in [1.807, 2.05) is 43.0 Å². The molecule has 35 heavy (non-hydrogen) atoms. The van der Waals surface area contributed by atoms with Gasteiger partial charge in [0.1, 0.15) is 5.69 Å². The Hall–Kier alpha value is -3.20. The summed E-state index contributed by atoms with van der Waals surface area (Å²) >= 11 is 1.48. The predicted octanol–water partition coefficient (Wildman–Crippen LogP) is 5.48. The molecule has 1 aliphatic carbocycles. The van der Waals surface area contributed by atoms with Crippen molar-refractivity contribution >= 4 is 23.2 Å². The molecule has 2 aromatic carbocycles. The fraction of sp³-hybridized carbons (Fsp3) is 0.346. The summed E-state index contributed by atoms with van der Waals surface area (Å²) in [4.78, 5) is 33.5. The van der Waals surface area contributed by atoms with Gasteiger partial charge in [0.2, 0.25) is 0 Å². The normalized spacial score (nSPS) is 21.1. The van der Waals surface area contributed by atoms with Gasteiger partial charge in [-0.05, 0) is 56.4 Å². The minimum absolute atomic E-state index is 0.0577. The minimum Gasteiger partial charge on any atom is -0.350 e. The number of likely N-dealkylation sites (tertiary alicyclic amines) is 1. The van der Waals surface area contributed by atoms with E-state index in [9.17, 15) is 22.8 Å². The molecule has 2 amide bonds. The van der Waals surface area contributed by atoms with Crippen molar-refractivity contribution in [1.29, 1.82) is 0 Å². The van der Waals surface area contributed by atoms with Gasteiger partial charge in [0, 0.05) is 18.2 Å². The van der Waals surface area contributed by atoms with Crippen LogP contribution in [0.15, 0.2) is 48.5 Å². The van der Waals surface area contributed by atoms with E-state index < -0.39 is 17.6 Å². The van der Waals surface area contributed by atoms with E-state index >= 15 is 0 Å². The van der Waals surface area contributed by atoms with Crippen LogP contribution in [-0.2, 0) is 6.18 Å². The first-order chi connectivity index (χ1) is 16.6. The molecule has 0 radical (unpaired) electrons. The zero-order valence-corrected chi connectivity index (χ0v) is 20.0. The third kappa shape index (κ3) is 4.69. The summed E-state index contributed by atoms with van der Waals surface area (Å²) in [5.74, 6) is -0.361. The highest BCUT2D eigenvalue weighted by Gasteiger charge is 2.54. The van der Waals surface area contributed by atoms with Crippen molar-refractivity contribution in [2.75, 3.05) is 6.54 Å². The molecule has 2 aliphatic rings. The van der Waals surface area contributed by atoms with Gasteiger partial charge in [0.25, 0.3) is 11.8 Å². The fourth-order valence-electron chi connectivity index (χ4n) is 4.88. The lowest BCUT2D eigenvalue weighted by Crippen LogP contribution is -2.45. The number of carbonyl (C=O) groups excluding carboxylic acids is 2. The monoisotopic (exact) mass is 499 g/mol. The molecule has 0 unspecified atom stereocenters. The van der Waals surface area contributed by atoms with Crippen LogP contribution in [-0.4, -0.2) is 40.3 Å². The highest BCUT2D eigenvalue weighted by Crippen LogP contribution is 2.48. The quantitative estimate of drug-likeness (QED) is 0.506. The number of nitrogens with one attached hydrogen (secondary N) is 1. The largest absolute Gasteiger partial charge is 0.416 e. The van der Waals surface area contributed by atoms with Crippen molar-refractivity contribution in [3.05, 3.63) is 75.9 Å². The van der Waals surface area contributed by atoms with Crippen LogP contribution >= 0.6 is 11.3 Å². The van der Waals surface area contributed by atoms with E-state index in [-0.39, 0.29) is 30.1 Å². The van der Waals surface area contributed by atoms with Crippen LogP contribution in [0.2, 0.25) is 0 Å². The van der Waals surface area contributed by atoms with Crippen molar-refractivity contribution in [3.8, 4) is 10.4 Å². The van der Waals surface area contributed by atoms with Crippen LogP contribution in [0.3, 0.4) is 0 Å². The Bertz CT molecular complexity index is 1300. The van der Waals surface area contributed by atoms with Gasteiger partial charge in [-0.1, -0.05) is 35.9 Å². The molecule has 9 heteroatoms. The lowest BCUT2D eigenvalue weighted by Gasteiger charge is -2.27. The van der Waals surface area contributed by atoms with Crippen LogP contribution in [0.4, 0.5) is 13.2 Å². The van der Waals surface area contributed by atoms with Crippen molar-refractivity contribution in [2.24, 2.45) is 5.92 Å². The van der Waals surface area contributed by atoms with E-state index in [1.54, 1.807) is 0 Å². The third-order valence-electron chi connectivity index (χ3n) is 6.61. The van der Waals surface area contributed by atoms with Gasteiger partial charge in [0.15, 0.2) is 0 Å². The van der Waals surface area contributed by atoms with Gasteiger partial charge in [-0.2, -0.15) is 13.2 Å². The lowest BCUT2D eigenvalue weighted by atomic mass is 10.1. The number of aromatic nitrogens is 1. The van der Waals surface area contributed by atoms with Gasteiger partial charge in [0.05, 0.1) is 21.5 Å². The van der Waals surface area contributed by atoms with E-state index in [2.05, 4.69) is 10.3 Å². The average molecular weight is 500 g/mol. The molecule has 3 aromatic rings. The Balaban J connectivity index is 1.34. The number of nitrogens with zero attached hydrogens (tertiary/aromatic N) is 2. The second-order valence-electron chi connectivity index (χ2n) is 9.23. The van der Waals surface area contributed by atoms with Crippen LogP contribution in [0, 0.1) is 19.8 Å². The topological polar surface area (TPSA) is 62.3 Å². The SMILES string of the molecule is Cc1cccc(-c2sc(C)nc2C(=O)N2[C@H](CNC(=O)c3cccc(C(F)(F)F)c3)C[C@H]3C[C@@H]32)c1. The molecule has 3 atom stereocenters. The molecule has 2 fully saturated rings. The molecule has 2 heterocycles. The molecular formula is C26H24F3N3O2S. The van der Waals surface area contributed by atoms with Crippen LogP contribution in [0.25, 0.3) is 10.4 Å². The number of thiazole rings is 1. The first kappa shape index (κ1) is 23.5. The summed E-state index contributed by atoms with van der Waals surface area (Å²) < 4.78 is 39.0. The molecule has 1 saturated heterocycles. The number of hydrogen-bond acceptors (Lipinski definition) is 4. The van der Waals surface area contributed by atoms with E-state index in [0.29, 0.717) is 11.6 Å². The molecule has 1 aromatic heterocycles. The summed E-state index contributed by atoms with van der Waals surface area (Å²) in [7, 11) is 0. The first-order valence-corrected chi connectivity index (χ1v) is 12.3. The van der Waals surface area contributed by atoms with Crippen molar-refractivity contribution in [3.63, 3.8) is 0 Å². The maximum absolute atomic E-state index is 13.7. The lowest BCUT2D eigenvalue weighted by molar-refractivity contribution is -0.137. The summed E-state index contributed by atoms with van der Waals surface area (Å²) in [6.45, 7) is 4.05. The number of fused-ring (bicyclic) bond motifs is 1. The molecule has 1 saturated carbocycles. The Morgan fingerprint density at radius 2 is 1.89 bits per heavy atom. The van der Waals surface area contributed by atoms with Gasteiger partial charge < -0.3 is 10.2 Å². The van der Waals surface area contributed by atoms with E-state index in [1.165, 1.54) is 23.5 Å².